The molecule has 4 N–H and O–H groups in total. The third-order valence-corrected chi connectivity index (χ3v) is 5.70. The lowest BCUT2D eigenvalue weighted by Crippen LogP contribution is -2.26. The predicted octanol–water partition coefficient (Wildman–Crippen LogP) is 0.966. The van der Waals surface area contributed by atoms with E-state index < -0.39 is 23.7 Å². The van der Waals surface area contributed by atoms with Crippen LogP contribution in [0, 0.1) is 11.8 Å². The third kappa shape index (κ3) is 4.00. The van der Waals surface area contributed by atoms with Gasteiger partial charge in [-0.15, -0.1) is 0 Å². The van der Waals surface area contributed by atoms with Gasteiger partial charge in [0.1, 0.15) is 17.6 Å². The van der Waals surface area contributed by atoms with Crippen molar-refractivity contribution in [2.45, 2.75) is 13.0 Å². The van der Waals surface area contributed by atoms with Gasteiger partial charge in [-0.25, -0.2) is 9.97 Å². The molecular formula is C22H20N6O6. The molecule has 0 spiro atoms. The van der Waals surface area contributed by atoms with Crippen molar-refractivity contribution in [1.29, 1.82) is 0 Å². The van der Waals surface area contributed by atoms with E-state index in [4.69, 9.17) is 4.74 Å². The van der Waals surface area contributed by atoms with Crippen LogP contribution in [0.3, 0.4) is 0 Å². The van der Waals surface area contributed by atoms with Gasteiger partial charge < -0.3 is 30.4 Å². The van der Waals surface area contributed by atoms with Gasteiger partial charge >= 0.3 is 5.97 Å². The van der Waals surface area contributed by atoms with Crippen LogP contribution < -0.4 is 20.7 Å². The van der Waals surface area contributed by atoms with Crippen LogP contribution in [-0.4, -0.2) is 52.4 Å². The molecule has 0 saturated heterocycles. The van der Waals surface area contributed by atoms with Crippen LogP contribution in [0.1, 0.15) is 22.5 Å². The summed E-state index contributed by atoms with van der Waals surface area (Å²) in [5.74, 6) is -1.73. The second kappa shape index (κ2) is 8.46. The summed E-state index contributed by atoms with van der Waals surface area (Å²) in [5.41, 5.74) is 2.53. The first-order valence-corrected chi connectivity index (χ1v) is 10.5. The number of H-pyrrole nitrogens is 1. The van der Waals surface area contributed by atoms with Crippen LogP contribution in [0.15, 0.2) is 30.7 Å². The molecule has 1 aliphatic carbocycles. The molecular weight excluding hydrogens is 444 g/mol. The molecule has 1 aliphatic heterocycles. The summed E-state index contributed by atoms with van der Waals surface area (Å²) in [6, 6.07) is 5.24. The zero-order valence-corrected chi connectivity index (χ0v) is 18.0. The van der Waals surface area contributed by atoms with Crippen LogP contribution >= 0.6 is 0 Å². The number of nitrogens with zero attached hydrogens (tertiary/aromatic N) is 2. The van der Waals surface area contributed by atoms with Crippen LogP contribution in [-0.2, 0) is 25.7 Å². The maximum Gasteiger partial charge on any atom is 0.309 e. The van der Waals surface area contributed by atoms with Gasteiger partial charge in [0.15, 0.2) is 12.3 Å². The van der Waals surface area contributed by atoms with E-state index in [2.05, 4.69) is 35.6 Å². The van der Waals surface area contributed by atoms with Crippen molar-refractivity contribution in [3.05, 3.63) is 42.0 Å². The molecule has 12 nitrogen and oxygen atoms in total. The van der Waals surface area contributed by atoms with E-state index >= 15 is 0 Å². The molecule has 2 aromatic heterocycles. The van der Waals surface area contributed by atoms with Crippen LogP contribution in [0.4, 0.5) is 11.4 Å². The number of carbonyl (C=O) groups is 4. The molecule has 0 radical (unpaired) electrons. The molecule has 174 valence electrons. The normalized spacial score (nSPS) is 18.3. The van der Waals surface area contributed by atoms with Gasteiger partial charge in [-0.1, -0.05) is 6.07 Å². The second-order valence-corrected chi connectivity index (χ2v) is 7.96. The molecule has 5 rings (SSSR count). The lowest BCUT2D eigenvalue weighted by atomic mass is 10.1. The number of aromatic amines is 1. The number of aromatic nitrogens is 3. The second-order valence-electron chi connectivity index (χ2n) is 7.96. The van der Waals surface area contributed by atoms with Crippen molar-refractivity contribution in [2.75, 3.05) is 24.4 Å². The summed E-state index contributed by atoms with van der Waals surface area (Å²) >= 11 is 0. The molecule has 3 aromatic rings. The maximum atomic E-state index is 12.8. The van der Waals surface area contributed by atoms with Crippen molar-refractivity contribution in [3.63, 3.8) is 0 Å². The Morgan fingerprint density at radius 1 is 1.24 bits per heavy atom. The van der Waals surface area contributed by atoms with Crippen LogP contribution in [0.25, 0.3) is 11.0 Å². The number of fused-ring (bicyclic) bond motifs is 2. The number of amides is 3. The summed E-state index contributed by atoms with van der Waals surface area (Å²) in [7, 11) is 1.29. The molecule has 3 amide bonds. The minimum Gasteiger partial charge on any atom is -0.482 e. The van der Waals surface area contributed by atoms with E-state index in [9.17, 15) is 19.2 Å². The van der Waals surface area contributed by atoms with Crippen molar-refractivity contribution in [3.8, 4) is 5.75 Å². The van der Waals surface area contributed by atoms with Gasteiger partial charge in [0, 0.05) is 12.7 Å². The highest BCUT2D eigenvalue weighted by Gasteiger charge is 2.49. The van der Waals surface area contributed by atoms with E-state index in [0.29, 0.717) is 34.6 Å². The first kappa shape index (κ1) is 21.4. The topological polar surface area (TPSA) is 164 Å². The molecule has 34 heavy (non-hydrogen) atoms. The van der Waals surface area contributed by atoms with Crippen molar-refractivity contribution < 1.29 is 28.7 Å². The van der Waals surface area contributed by atoms with Crippen molar-refractivity contribution in [2.24, 2.45) is 11.8 Å². The number of hydrogen-bond acceptors (Lipinski definition) is 8. The summed E-state index contributed by atoms with van der Waals surface area (Å²) in [5, 5.41) is 8.26. The number of anilines is 2. The monoisotopic (exact) mass is 464 g/mol. The Hall–Kier alpha value is -4.48. The average Bonchev–Trinajstić information content (AvgIpc) is 3.56. The van der Waals surface area contributed by atoms with Gasteiger partial charge in [-0.3, -0.25) is 19.2 Å². The van der Waals surface area contributed by atoms with Crippen LogP contribution in [0.2, 0.25) is 0 Å². The Balaban J connectivity index is 1.27. The molecule has 1 saturated carbocycles. The van der Waals surface area contributed by atoms with Gasteiger partial charge in [0.05, 0.1) is 35.8 Å². The first-order chi connectivity index (χ1) is 16.4. The Bertz CT molecular complexity index is 1330. The Labute approximate surface area is 192 Å². The summed E-state index contributed by atoms with van der Waals surface area (Å²) < 4.78 is 10.0. The lowest BCUT2D eigenvalue weighted by Gasteiger charge is -2.18. The maximum absolute atomic E-state index is 12.8. The Kier molecular flexibility index (Phi) is 5.32. The van der Waals surface area contributed by atoms with Crippen molar-refractivity contribution in [1.82, 2.24) is 20.3 Å². The third-order valence-electron chi connectivity index (χ3n) is 5.70. The zero-order valence-electron chi connectivity index (χ0n) is 18.0. The van der Waals surface area contributed by atoms with E-state index in [-0.39, 0.29) is 30.7 Å². The smallest absolute Gasteiger partial charge is 0.309 e. The van der Waals surface area contributed by atoms with E-state index in [1.54, 1.807) is 18.2 Å². The molecule has 2 atom stereocenters. The highest BCUT2D eigenvalue weighted by Crippen LogP contribution is 2.40. The average molecular weight is 464 g/mol. The number of hydrogen-bond donors (Lipinski definition) is 4. The number of ether oxygens (including phenoxy) is 2. The van der Waals surface area contributed by atoms with E-state index in [1.165, 1.54) is 19.6 Å². The number of rotatable bonds is 6. The predicted molar refractivity (Wildman–Crippen MR) is 118 cm³/mol. The molecule has 1 unspecified atom stereocenters. The molecule has 12 heteroatoms. The Morgan fingerprint density at radius 2 is 2.09 bits per heavy atom. The quantitative estimate of drug-likeness (QED) is 0.392. The Morgan fingerprint density at radius 3 is 2.91 bits per heavy atom. The van der Waals surface area contributed by atoms with E-state index in [0.717, 1.165) is 5.56 Å². The summed E-state index contributed by atoms with van der Waals surface area (Å²) in [6.07, 6.45) is 3.19. The number of methoxy groups -OCH3 is 1. The SMILES string of the molecule is COC(=O)C1C[C@H]1C(=O)Nc1c[nH]c2c(C(=O)NCc3ccc4c(c3)NC(=O)CO4)ncnc12. The summed E-state index contributed by atoms with van der Waals surface area (Å²) in [6.45, 7) is 0.159. The number of nitrogens with one attached hydrogen (secondary N) is 4. The first-order valence-electron chi connectivity index (χ1n) is 10.5. The fourth-order valence-electron chi connectivity index (χ4n) is 3.84. The minimum atomic E-state index is -0.450. The van der Waals surface area contributed by atoms with Gasteiger partial charge in [0.25, 0.3) is 11.8 Å². The molecule has 1 aromatic carbocycles. The van der Waals surface area contributed by atoms with Crippen molar-refractivity contribution >= 4 is 46.1 Å². The fraction of sp³-hybridized carbons (Fsp3) is 0.273. The standard InChI is InChI=1S/C22H20N6O6/c1-33-22(32)12-5-11(12)20(30)28-14-7-23-18-17(14)25-9-26-19(18)21(31)24-6-10-2-3-15-13(4-10)27-16(29)8-34-15/h2-4,7,9,11-12,23H,5-6,8H2,1H3,(H,24,31)(H,27,29)(H,28,30)/t11-,12?/m1/s1. The van der Waals surface area contributed by atoms with Gasteiger partial charge in [-0.05, 0) is 24.1 Å². The fourth-order valence-corrected chi connectivity index (χ4v) is 3.84. The number of carbonyl (C=O) groups excluding carboxylic acids is 4. The highest BCUT2D eigenvalue weighted by atomic mass is 16.5. The molecule has 1 fully saturated rings. The molecule has 0 bridgehead atoms. The summed E-state index contributed by atoms with van der Waals surface area (Å²) in [4.78, 5) is 59.6. The zero-order chi connectivity index (χ0) is 23.8. The van der Waals surface area contributed by atoms with Gasteiger partial charge in [0.2, 0.25) is 5.91 Å². The minimum absolute atomic E-state index is 0.0299. The number of esters is 1. The largest absolute Gasteiger partial charge is 0.482 e. The van der Waals surface area contributed by atoms with Gasteiger partial charge in [-0.2, -0.15) is 0 Å². The number of benzene rings is 1. The molecule has 2 aliphatic rings. The van der Waals surface area contributed by atoms with Crippen LogP contribution in [0.5, 0.6) is 5.75 Å². The lowest BCUT2D eigenvalue weighted by molar-refractivity contribution is -0.143. The highest BCUT2D eigenvalue weighted by molar-refractivity contribution is 6.09. The molecule has 3 heterocycles. The van der Waals surface area contributed by atoms with E-state index in [1.807, 2.05) is 0 Å².